The molecule has 0 spiro atoms. The number of fused-ring (bicyclic) bond motifs is 1. The van der Waals surface area contributed by atoms with E-state index in [1.54, 1.807) is 30.0 Å². The van der Waals surface area contributed by atoms with Crippen LogP contribution in [0.15, 0.2) is 84.1 Å². The van der Waals surface area contributed by atoms with E-state index in [0.29, 0.717) is 22.7 Å². The lowest BCUT2D eigenvalue weighted by molar-refractivity contribution is -0.142. The van der Waals surface area contributed by atoms with Gasteiger partial charge in [-0.3, -0.25) is 4.79 Å². The number of ether oxygens (including phenoxy) is 1. The van der Waals surface area contributed by atoms with Crippen molar-refractivity contribution in [1.82, 2.24) is 20.2 Å². The molecule has 0 aliphatic carbocycles. The third-order valence-electron chi connectivity index (χ3n) is 7.38. The maximum Gasteiger partial charge on any atom is 0.328 e. The Balaban J connectivity index is 1.44. The van der Waals surface area contributed by atoms with E-state index < -0.39 is 12.0 Å². The number of imidazole rings is 1. The summed E-state index contributed by atoms with van der Waals surface area (Å²) in [5.74, 6) is -0.878. The molecule has 3 aromatic carbocycles. The molecular weight excluding hydrogens is 570 g/mol. The van der Waals surface area contributed by atoms with E-state index in [4.69, 9.17) is 21.6 Å². The molecule has 1 amide bonds. The van der Waals surface area contributed by atoms with Crippen LogP contribution < -0.4 is 10.6 Å². The number of carbonyl (C=O) groups excluding carboxylic acids is 2. The molecule has 0 saturated heterocycles. The number of hydrogen-bond acceptors (Lipinski definition) is 7. The number of rotatable bonds is 9. The van der Waals surface area contributed by atoms with Crippen LogP contribution >= 0.6 is 23.4 Å². The summed E-state index contributed by atoms with van der Waals surface area (Å²) in [5, 5.41) is 16.1. The number of halogens is 1. The van der Waals surface area contributed by atoms with Gasteiger partial charge in [-0.25, -0.2) is 9.78 Å². The fourth-order valence-electron chi connectivity index (χ4n) is 5.19. The molecule has 42 heavy (non-hydrogen) atoms. The van der Waals surface area contributed by atoms with Crippen molar-refractivity contribution in [1.29, 1.82) is 5.26 Å². The van der Waals surface area contributed by atoms with Gasteiger partial charge in [0.25, 0.3) is 5.91 Å². The number of thioether (sulfide) groups is 1. The molecule has 0 saturated carbocycles. The molecule has 10 heteroatoms. The van der Waals surface area contributed by atoms with Crippen LogP contribution in [0, 0.1) is 11.3 Å². The van der Waals surface area contributed by atoms with E-state index in [1.165, 1.54) is 7.11 Å². The number of benzene rings is 3. The Morgan fingerprint density at radius 1 is 1.14 bits per heavy atom. The standard InChI is InChI=1S/C32H30ClN5O3S/c1-35-29-15-26(28-17-36-19-38(28)18-22-8-6-21(16-34)7-9-22)24-4-3-5-25(30(24)42-29)31(39)37-27(32(40)41-2)14-20-10-12-23(33)13-11-20/h3-13,17,19,26-27,29,35H,14-15,18H2,1-2H3,(H,37,39)/t26?,27-,29?/m0/s1. The molecule has 1 aromatic heterocycles. The van der Waals surface area contributed by atoms with Crippen LogP contribution in [0.3, 0.4) is 0 Å². The first-order chi connectivity index (χ1) is 20.4. The molecule has 2 N–H and O–H groups in total. The largest absolute Gasteiger partial charge is 0.467 e. The second-order valence-corrected chi connectivity index (χ2v) is 11.7. The van der Waals surface area contributed by atoms with Crippen LogP contribution in [-0.4, -0.2) is 47.0 Å². The molecule has 214 valence electrons. The first-order valence-corrected chi connectivity index (χ1v) is 14.7. The summed E-state index contributed by atoms with van der Waals surface area (Å²) < 4.78 is 7.13. The topological polar surface area (TPSA) is 109 Å². The van der Waals surface area contributed by atoms with Crippen LogP contribution in [0.25, 0.3) is 0 Å². The van der Waals surface area contributed by atoms with Crippen molar-refractivity contribution >= 4 is 35.2 Å². The predicted molar refractivity (Wildman–Crippen MR) is 163 cm³/mol. The van der Waals surface area contributed by atoms with Crippen molar-refractivity contribution in [2.45, 2.75) is 41.6 Å². The van der Waals surface area contributed by atoms with Crippen LogP contribution in [-0.2, 0) is 22.5 Å². The Morgan fingerprint density at radius 3 is 2.57 bits per heavy atom. The van der Waals surface area contributed by atoms with Gasteiger partial charge in [0.2, 0.25) is 0 Å². The van der Waals surface area contributed by atoms with Gasteiger partial charge < -0.3 is 19.9 Å². The van der Waals surface area contributed by atoms with Crippen molar-refractivity contribution in [3.05, 3.63) is 118 Å². The van der Waals surface area contributed by atoms with Gasteiger partial charge in [0.1, 0.15) is 6.04 Å². The second kappa shape index (κ2) is 13.3. The lowest BCUT2D eigenvalue weighted by Crippen LogP contribution is -2.43. The Hall–Kier alpha value is -4.10. The SMILES string of the molecule is CNC1CC(c2cncn2Cc2ccc(C#N)cc2)c2cccc(C(=O)N[C@@H](Cc3ccc(Cl)cc3)C(=O)OC)c2S1. The summed E-state index contributed by atoms with van der Waals surface area (Å²) in [6, 6.07) is 21.7. The van der Waals surface area contributed by atoms with Gasteiger partial charge in [-0.2, -0.15) is 5.26 Å². The van der Waals surface area contributed by atoms with E-state index in [9.17, 15) is 9.59 Å². The Bertz CT molecular complexity index is 1610. The number of nitrogens with zero attached hydrogens (tertiary/aromatic N) is 3. The third kappa shape index (κ3) is 6.52. The first-order valence-electron chi connectivity index (χ1n) is 13.5. The molecule has 3 atom stereocenters. The number of amides is 1. The van der Waals surface area contributed by atoms with E-state index in [0.717, 1.165) is 33.7 Å². The fraction of sp³-hybridized carbons (Fsp3) is 0.250. The highest BCUT2D eigenvalue weighted by Crippen LogP contribution is 2.45. The van der Waals surface area contributed by atoms with E-state index in [2.05, 4.69) is 32.3 Å². The maximum absolute atomic E-state index is 13.7. The average Bonchev–Trinajstić information content (AvgIpc) is 3.48. The number of aromatic nitrogens is 2. The number of esters is 1. The summed E-state index contributed by atoms with van der Waals surface area (Å²) in [6.07, 6.45) is 4.78. The normalized spacial score (nSPS) is 16.6. The quantitative estimate of drug-likeness (QED) is 0.256. The second-order valence-electron chi connectivity index (χ2n) is 10.0. The molecule has 0 radical (unpaired) electrons. The maximum atomic E-state index is 13.7. The molecule has 1 aliphatic heterocycles. The zero-order valence-electron chi connectivity index (χ0n) is 23.2. The van der Waals surface area contributed by atoms with Crippen LogP contribution in [0.1, 0.15) is 50.6 Å². The average molecular weight is 600 g/mol. The van der Waals surface area contributed by atoms with Crippen molar-refractivity contribution in [2.75, 3.05) is 14.2 Å². The summed E-state index contributed by atoms with van der Waals surface area (Å²) in [7, 11) is 3.22. The Labute approximate surface area is 254 Å². The zero-order chi connectivity index (χ0) is 29.6. The smallest absolute Gasteiger partial charge is 0.328 e. The molecule has 0 bridgehead atoms. The fourth-order valence-corrected chi connectivity index (χ4v) is 6.64. The minimum atomic E-state index is -0.863. The van der Waals surface area contributed by atoms with Crippen LogP contribution in [0.2, 0.25) is 5.02 Å². The van der Waals surface area contributed by atoms with Crippen LogP contribution in [0.4, 0.5) is 0 Å². The number of hydrogen-bond donors (Lipinski definition) is 2. The predicted octanol–water partition coefficient (Wildman–Crippen LogP) is 5.14. The Morgan fingerprint density at radius 2 is 1.88 bits per heavy atom. The highest BCUT2D eigenvalue weighted by molar-refractivity contribution is 8.00. The summed E-state index contributed by atoms with van der Waals surface area (Å²) in [4.78, 5) is 31.7. The molecule has 1 aliphatic rings. The molecule has 5 rings (SSSR count). The van der Waals surface area contributed by atoms with E-state index >= 15 is 0 Å². The lowest BCUT2D eigenvalue weighted by atomic mass is 9.90. The van der Waals surface area contributed by atoms with Gasteiger partial charge in [-0.05, 0) is 60.5 Å². The van der Waals surface area contributed by atoms with Gasteiger partial charge in [0.05, 0.1) is 36.0 Å². The summed E-state index contributed by atoms with van der Waals surface area (Å²) >= 11 is 7.63. The molecule has 4 aromatic rings. The number of nitrogens with one attached hydrogen (secondary N) is 2. The highest BCUT2D eigenvalue weighted by Gasteiger charge is 2.33. The van der Waals surface area contributed by atoms with Gasteiger partial charge in [0, 0.05) is 40.7 Å². The highest BCUT2D eigenvalue weighted by atomic mass is 35.5. The van der Waals surface area contributed by atoms with Gasteiger partial charge in [-0.15, -0.1) is 11.8 Å². The molecule has 2 heterocycles. The molecule has 2 unspecified atom stereocenters. The minimum Gasteiger partial charge on any atom is -0.467 e. The third-order valence-corrected chi connectivity index (χ3v) is 9.03. The van der Waals surface area contributed by atoms with Crippen molar-refractivity contribution in [2.24, 2.45) is 0 Å². The zero-order valence-corrected chi connectivity index (χ0v) is 24.8. The first kappa shape index (κ1) is 29.4. The Kier molecular flexibility index (Phi) is 9.28. The van der Waals surface area contributed by atoms with E-state index in [-0.39, 0.29) is 23.6 Å². The number of carbonyl (C=O) groups is 2. The van der Waals surface area contributed by atoms with Gasteiger partial charge in [-0.1, -0.05) is 48.0 Å². The van der Waals surface area contributed by atoms with E-state index in [1.807, 2.05) is 62.0 Å². The van der Waals surface area contributed by atoms with Gasteiger partial charge >= 0.3 is 5.97 Å². The minimum absolute atomic E-state index is 0.0159. The molecular formula is C32H30ClN5O3S. The van der Waals surface area contributed by atoms with Crippen molar-refractivity contribution in [3.8, 4) is 6.07 Å². The van der Waals surface area contributed by atoms with Gasteiger partial charge in [0.15, 0.2) is 0 Å². The monoisotopic (exact) mass is 599 g/mol. The van der Waals surface area contributed by atoms with Crippen molar-refractivity contribution in [3.63, 3.8) is 0 Å². The molecule has 0 fully saturated rings. The van der Waals surface area contributed by atoms with Crippen LogP contribution in [0.5, 0.6) is 0 Å². The molecule has 8 nitrogen and oxygen atoms in total. The van der Waals surface area contributed by atoms with Crippen molar-refractivity contribution < 1.29 is 14.3 Å². The summed E-state index contributed by atoms with van der Waals surface area (Å²) in [5.41, 5.74) is 5.11. The number of nitriles is 1. The lowest BCUT2D eigenvalue weighted by Gasteiger charge is -2.32. The summed E-state index contributed by atoms with van der Waals surface area (Å²) in [6.45, 7) is 0.607. The number of methoxy groups -OCH3 is 1.